The van der Waals surface area contributed by atoms with Crippen molar-refractivity contribution in [1.29, 1.82) is 0 Å². The van der Waals surface area contributed by atoms with Crippen LogP contribution >= 0.6 is 22.7 Å². The molecule has 0 spiro atoms. The van der Waals surface area contributed by atoms with Crippen LogP contribution < -0.4 is 11.1 Å². The summed E-state index contributed by atoms with van der Waals surface area (Å²) in [6, 6.07) is 4.17. The lowest BCUT2D eigenvalue weighted by molar-refractivity contribution is -0.122. The number of anilines is 1. The van der Waals surface area contributed by atoms with Gasteiger partial charge in [0.05, 0.1) is 17.1 Å². The molecule has 1 saturated heterocycles. The van der Waals surface area contributed by atoms with Gasteiger partial charge in [0.2, 0.25) is 5.91 Å². The maximum Gasteiger partial charge on any atom is 0.234 e. The van der Waals surface area contributed by atoms with Crippen molar-refractivity contribution in [3.05, 3.63) is 22.4 Å². The first kappa shape index (κ1) is 17.3. The monoisotopic (exact) mass is 365 g/mol. The fourth-order valence-electron chi connectivity index (χ4n) is 2.64. The zero-order valence-corrected chi connectivity index (χ0v) is 15.5. The summed E-state index contributed by atoms with van der Waals surface area (Å²) in [5, 5.41) is 5.59. The molecule has 2 aromatic rings. The molecule has 0 atom stereocenters. The van der Waals surface area contributed by atoms with E-state index in [0.29, 0.717) is 18.2 Å². The number of nitrogen functional groups attached to an aromatic ring is 1. The third-order valence-corrected chi connectivity index (χ3v) is 5.93. The molecule has 0 radical (unpaired) electrons. The fourth-order valence-corrected chi connectivity index (χ4v) is 4.25. The highest BCUT2D eigenvalue weighted by Crippen LogP contribution is 2.29. The van der Waals surface area contributed by atoms with E-state index in [1.807, 2.05) is 5.38 Å². The van der Waals surface area contributed by atoms with Gasteiger partial charge in [-0.2, -0.15) is 0 Å². The van der Waals surface area contributed by atoms with E-state index in [1.165, 1.54) is 16.2 Å². The average molecular weight is 366 g/mol. The van der Waals surface area contributed by atoms with E-state index < -0.39 is 0 Å². The van der Waals surface area contributed by atoms with Gasteiger partial charge in [-0.05, 0) is 25.6 Å². The predicted octanol–water partition coefficient (Wildman–Crippen LogP) is 1.36. The summed E-state index contributed by atoms with van der Waals surface area (Å²) < 4.78 is 0. The van der Waals surface area contributed by atoms with Crippen LogP contribution in [-0.2, 0) is 11.2 Å². The smallest absolute Gasteiger partial charge is 0.234 e. The topological polar surface area (TPSA) is 74.5 Å². The second-order valence-electron chi connectivity index (χ2n) is 6.02. The molecule has 0 aliphatic carbocycles. The second kappa shape index (κ2) is 8.06. The van der Waals surface area contributed by atoms with Crippen LogP contribution in [0, 0.1) is 0 Å². The highest BCUT2D eigenvalue weighted by atomic mass is 32.1. The number of carbonyl (C=O) groups is 1. The number of hydrogen-bond donors (Lipinski definition) is 2. The number of thiophene rings is 1. The van der Waals surface area contributed by atoms with Gasteiger partial charge in [-0.3, -0.25) is 9.69 Å². The maximum absolute atomic E-state index is 12.0. The minimum Gasteiger partial charge on any atom is -0.375 e. The van der Waals surface area contributed by atoms with Crippen LogP contribution in [0.4, 0.5) is 5.13 Å². The quantitative estimate of drug-likeness (QED) is 0.809. The first-order valence-electron chi connectivity index (χ1n) is 8.08. The molecule has 1 fully saturated rings. The lowest BCUT2D eigenvalue weighted by Crippen LogP contribution is -2.48. The number of thiazole rings is 1. The van der Waals surface area contributed by atoms with Crippen LogP contribution in [0.5, 0.6) is 0 Å². The summed E-state index contributed by atoms with van der Waals surface area (Å²) in [6.07, 6.45) is 0.846. The van der Waals surface area contributed by atoms with Crippen LogP contribution in [0.1, 0.15) is 4.88 Å². The molecule has 6 nitrogen and oxygen atoms in total. The van der Waals surface area contributed by atoms with Gasteiger partial charge in [0, 0.05) is 43.0 Å². The highest BCUT2D eigenvalue weighted by Gasteiger charge is 2.16. The number of carbonyl (C=O) groups excluding carboxylic acids is 1. The standard InChI is InChI=1S/C16H23N5OS2/c1-20-6-8-21(9-7-20)10-15(22)18-5-4-12-2-3-14(24-12)13-11-23-16(17)19-13/h2-3,11H,4-10H2,1H3,(H2,17,19)(H,18,22). The summed E-state index contributed by atoms with van der Waals surface area (Å²) in [5.74, 6) is 0.114. The van der Waals surface area contributed by atoms with E-state index in [4.69, 9.17) is 5.73 Å². The normalized spacial score (nSPS) is 16.4. The van der Waals surface area contributed by atoms with Gasteiger partial charge in [0.25, 0.3) is 0 Å². The molecule has 3 heterocycles. The molecule has 3 rings (SSSR count). The Hall–Kier alpha value is -1.48. The zero-order chi connectivity index (χ0) is 16.9. The summed E-state index contributed by atoms with van der Waals surface area (Å²) in [5.41, 5.74) is 6.62. The van der Waals surface area contributed by atoms with Gasteiger partial charge in [0.1, 0.15) is 0 Å². The van der Waals surface area contributed by atoms with Crippen molar-refractivity contribution in [2.24, 2.45) is 0 Å². The fraction of sp³-hybridized carbons (Fsp3) is 0.500. The van der Waals surface area contributed by atoms with Gasteiger partial charge in [-0.15, -0.1) is 22.7 Å². The lowest BCUT2D eigenvalue weighted by atomic mass is 10.3. The molecule has 0 saturated carbocycles. The van der Waals surface area contributed by atoms with E-state index >= 15 is 0 Å². The van der Waals surface area contributed by atoms with Crippen LogP contribution in [0.3, 0.4) is 0 Å². The van der Waals surface area contributed by atoms with Gasteiger partial charge in [-0.1, -0.05) is 0 Å². The molecular weight excluding hydrogens is 342 g/mol. The van der Waals surface area contributed by atoms with Crippen molar-refractivity contribution in [2.45, 2.75) is 6.42 Å². The Bertz CT molecular complexity index is 676. The maximum atomic E-state index is 12.0. The van der Waals surface area contributed by atoms with Crippen molar-refractivity contribution in [3.63, 3.8) is 0 Å². The molecule has 8 heteroatoms. The van der Waals surface area contributed by atoms with Crippen molar-refractivity contribution in [1.82, 2.24) is 20.1 Å². The molecule has 3 N–H and O–H groups in total. The number of rotatable bonds is 6. The van der Waals surface area contributed by atoms with Gasteiger partial charge in [0.15, 0.2) is 5.13 Å². The lowest BCUT2D eigenvalue weighted by Gasteiger charge is -2.31. The van der Waals surface area contributed by atoms with Crippen LogP contribution in [-0.4, -0.2) is 67.0 Å². The number of nitrogens with one attached hydrogen (secondary N) is 1. The van der Waals surface area contributed by atoms with Crippen molar-refractivity contribution >= 4 is 33.7 Å². The first-order chi connectivity index (χ1) is 11.6. The Morgan fingerprint density at radius 2 is 2.12 bits per heavy atom. The third kappa shape index (κ3) is 4.76. The van der Waals surface area contributed by atoms with Crippen LogP contribution in [0.15, 0.2) is 17.5 Å². The Morgan fingerprint density at radius 1 is 1.33 bits per heavy atom. The third-order valence-electron chi connectivity index (χ3n) is 4.09. The molecule has 2 aromatic heterocycles. The van der Waals surface area contributed by atoms with Crippen molar-refractivity contribution in [3.8, 4) is 10.6 Å². The zero-order valence-electron chi connectivity index (χ0n) is 13.8. The molecule has 0 unspecified atom stereocenters. The Kier molecular flexibility index (Phi) is 5.83. The van der Waals surface area contributed by atoms with Gasteiger partial charge in [-0.25, -0.2) is 4.98 Å². The van der Waals surface area contributed by atoms with Gasteiger partial charge < -0.3 is 16.0 Å². The Morgan fingerprint density at radius 3 is 2.83 bits per heavy atom. The number of nitrogens with zero attached hydrogens (tertiary/aromatic N) is 3. The number of hydrogen-bond acceptors (Lipinski definition) is 7. The summed E-state index contributed by atoms with van der Waals surface area (Å²) >= 11 is 3.16. The second-order valence-corrected chi connectivity index (χ2v) is 8.07. The first-order valence-corrected chi connectivity index (χ1v) is 9.77. The number of aromatic nitrogens is 1. The average Bonchev–Trinajstić information content (AvgIpc) is 3.18. The largest absolute Gasteiger partial charge is 0.375 e. The van der Waals surface area contributed by atoms with Crippen LogP contribution in [0.2, 0.25) is 0 Å². The summed E-state index contributed by atoms with van der Waals surface area (Å²) in [4.78, 5) is 23.2. The highest BCUT2D eigenvalue weighted by molar-refractivity contribution is 7.16. The number of likely N-dealkylation sites (N-methyl/N-ethyl adjacent to an activating group) is 1. The molecule has 1 aliphatic heterocycles. The molecule has 0 bridgehead atoms. The molecule has 24 heavy (non-hydrogen) atoms. The SMILES string of the molecule is CN1CCN(CC(=O)NCCc2ccc(-c3csc(N)n3)s2)CC1. The molecule has 0 aromatic carbocycles. The van der Waals surface area contributed by atoms with Crippen LogP contribution in [0.25, 0.3) is 10.6 Å². The van der Waals surface area contributed by atoms with E-state index in [2.05, 4.69) is 39.3 Å². The number of amides is 1. The Labute approximate surface area is 150 Å². The van der Waals surface area contributed by atoms with E-state index in [9.17, 15) is 4.79 Å². The van der Waals surface area contributed by atoms with Crippen molar-refractivity contribution < 1.29 is 4.79 Å². The molecule has 1 amide bonds. The summed E-state index contributed by atoms with van der Waals surface area (Å²) in [6.45, 7) is 5.18. The molecule has 130 valence electrons. The number of piperazine rings is 1. The molecule has 1 aliphatic rings. The predicted molar refractivity (Wildman–Crippen MR) is 100 cm³/mol. The minimum absolute atomic E-state index is 0.114. The van der Waals surface area contributed by atoms with Crippen molar-refractivity contribution in [2.75, 3.05) is 52.0 Å². The Balaban J connectivity index is 1.40. The van der Waals surface area contributed by atoms with E-state index in [1.54, 1.807) is 11.3 Å². The minimum atomic E-state index is 0.114. The molecular formula is C16H23N5OS2. The number of nitrogens with two attached hydrogens (primary N) is 1. The van der Waals surface area contributed by atoms with E-state index in [-0.39, 0.29) is 5.91 Å². The van der Waals surface area contributed by atoms with E-state index in [0.717, 1.165) is 43.2 Å². The summed E-state index contributed by atoms with van der Waals surface area (Å²) in [7, 11) is 2.12. The van der Waals surface area contributed by atoms with Gasteiger partial charge >= 0.3 is 0 Å².